The molecule has 1 heterocycles. The fraction of sp³-hybridized carbons (Fsp3) is 0.846. The van der Waals surface area contributed by atoms with Crippen molar-refractivity contribution in [2.45, 2.75) is 64.4 Å². The van der Waals surface area contributed by atoms with Gasteiger partial charge in [-0.2, -0.15) is 0 Å². The Morgan fingerprint density at radius 2 is 2.00 bits per heavy atom. The zero-order chi connectivity index (χ0) is 15.0. The lowest BCUT2D eigenvalue weighted by atomic mass is 9.84. The van der Waals surface area contributed by atoms with Crippen molar-refractivity contribution in [3.63, 3.8) is 0 Å². The van der Waals surface area contributed by atoms with E-state index in [1.807, 2.05) is 6.92 Å². The molecule has 0 aromatic heterocycles. The Kier molecular flexibility index (Phi) is 4.46. The van der Waals surface area contributed by atoms with Gasteiger partial charge in [0.05, 0.1) is 24.5 Å². The number of rotatable bonds is 5. The van der Waals surface area contributed by atoms with Crippen molar-refractivity contribution in [1.29, 1.82) is 0 Å². The third-order valence-corrected chi connectivity index (χ3v) is 8.82. The molecule has 110 valence electrons. The molecule has 6 heteroatoms. The highest BCUT2D eigenvalue weighted by Gasteiger charge is 2.47. The molecule has 19 heavy (non-hydrogen) atoms. The Morgan fingerprint density at radius 3 is 2.37 bits per heavy atom. The predicted octanol–water partition coefficient (Wildman–Crippen LogP) is 1.99. The molecule has 2 N–H and O–H groups in total. The maximum Gasteiger partial charge on any atom is 0.305 e. The van der Waals surface area contributed by atoms with Gasteiger partial charge in [0.1, 0.15) is 0 Å². The number of carboxylic acid groups (broad SMARTS) is 1. The zero-order valence-corrected chi connectivity index (χ0v) is 13.6. The van der Waals surface area contributed by atoms with Crippen LogP contribution in [0.5, 0.6) is 0 Å². The number of carbonyl (C=O) groups is 2. The van der Waals surface area contributed by atoms with E-state index in [1.165, 1.54) is 0 Å². The summed E-state index contributed by atoms with van der Waals surface area (Å²) in [7, 11) is -1.94. The van der Waals surface area contributed by atoms with Crippen LogP contribution in [0.1, 0.15) is 34.1 Å². The second kappa shape index (κ2) is 5.24. The summed E-state index contributed by atoms with van der Waals surface area (Å²) in [6.45, 7) is 12.6. The third kappa shape index (κ3) is 3.57. The van der Waals surface area contributed by atoms with E-state index in [0.717, 1.165) is 0 Å². The van der Waals surface area contributed by atoms with E-state index < -0.39 is 14.3 Å². The molecule has 1 rings (SSSR count). The molecule has 0 aromatic carbocycles. The summed E-state index contributed by atoms with van der Waals surface area (Å²) in [4.78, 5) is 22.4. The Bertz CT molecular complexity index is 375. The van der Waals surface area contributed by atoms with Crippen LogP contribution in [0.4, 0.5) is 0 Å². The molecule has 0 saturated carbocycles. The molecule has 0 aromatic rings. The van der Waals surface area contributed by atoms with Gasteiger partial charge in [-0.1, -0.05) is 20.8 Å². The van der Waals surface area contributed by atoms with Crippen LogP contribution < -0.4 is 5.32 Å². The van der Waals surface area contributed by atoms with Crippen molar-refractivity contribution in [3.8, 4) is 0 Å². The van der Waals surface area contributed by atoms with Crippen LogP contribution in [0.15, 0.2) is 0 Å². The van der Waals surface area contributed by atoms with Gasteiger partial charge < -0.3 is 14.8 Å². The van der Waals surface area contributed by atoms with Gasteiger partial charge in [-0.3, -0.25) is 9.59 Å². The van der Waals surface area contributed by atoms with Gasteiger partial charge in [-0.25, -0.2) is 0 Å². The first-order valence-electron chi connectivity index (χ1n) is 6.65. The number of carbonyl (C=O) groups excluding carboxylic acids is 1. The van der Waals surface area contributed by atoms with Gasteiger partial charge in [0.15, 0.2) is 8.32 Å². The van der Waals surface area contributed by atoms with Crippen molar-refractivity contribution in [3.05, 3.63) is 0 Å². The highest BCUT2D eigenvalue weighted by atomic mass is 28.4. The number of amides is 1. The fourth-order valence-electron chi connectivity index (χ4n) is 2.08. The molecule has 1 aliphatic heterocycles. The van der Waals surface area contributed by atoms with Crippen molar-refractivity contribution >= 4 is 20.2 Å². The first kappa shape index (κ1) is 16.2. The van der Waals surface area contributed by atoms with Crippen LogP contribution in [-0.2, 0) is 14.0 Å². The first-order chi connectivity index (χ1) is 8.45. The van der Waals surface area contributed by atoms with Crippen LogP contribution in [0.2, 0.25) is 18.1 Å². The number of hydrogen-bond donors (Lipinski definition) is 2. The monoisotopic (exact) mass is 287 g/mol. The average Bonchev–Trinajstić information content (AvgIpc) is 2.12. The maximum atomic E-state index is 11.6. The number of hydrogen-bond acceptors (Lipinski definition) is 3. The second-order valence-electron chi connectivity index (χ2n) is 6.82. The maximum absolute atomic E-state index is 11.6. The minimum Gasteiger partial charge on any atom is -0.481 e. The van der Waals surface area contributed by atoms with Gasteiger partial charge in [-0.05, 0) is 25.1 Å². The number of β-lactam (4-membered cyclic amide) rings is 1. The van der Waals surface area contributed by atoms with Gasteiger partial charge in [-0.15, -0.1) is 0 Å². The van der Waals surface area contributed by atoms with Gasteiger partial charge in [0.2, 0.25) is 5.91 Å². The van der Waals surface area contributed by atoms with Gasteiger partial charge in [0.25, 0.3) is 0 Å². The van der Waals surface area contributed by atoms with Crippen molar-refractivity contribution in [2.75, 3.05) is 0 Å². The lowest BCUT2D eigenvalue weighted by molar-refractivity contribution is -0.145. The third-order valence-electron chi connectivity index (χ3n) is 4.25. The predicted molar refractivity (Wildman–Crippen MR) is 75.4 cm³/mol. The van der Waals surface area contributed by atoms with Crippen LogP contribution in [-0.4, -0.2) is 37.4 Å². The minimum absolute atomic E-state index is 0.0401. The largest absolute Gasteiger partial charge is 0.481 e. The molecular formula is C13H25NO4Si. The fourth-order valence-corrected chi connectivity index (χ4v) is 3.51. The van der Waals surface area contributed by atoms with E-state index in [9.17, 15) is 9.59 Å². The van der Waals surface area contributed by atoms with Gasteiger partial charge >= 0.3 is 5.97 Å². The SMILES string of the molecule is C[C@@H](O[Si](C)(C)C(C)(C)C)[C@H]1C(=O)N[C@H]1CC(=O)O. The summed E-state index contributed by atoms with van der Waals surface area (Å²) in [5.74, 6) is -1.34. The summed E-state index contributed by atoms with van der Waals surface area (Å²) >= 11 is 0. The van der Waals surface area contributed by atoms with E-state index in [-0.39, 0.29) is 35.4 Å². The van der Waals surface area contributed by atoms with E-state index in [0.29, 0.717) is 0 Å². The molecule has 3 atom stereocenters. The number of aliphatic carboxylic acids is 1. The molecule has 1 amide bonds. The number of nitrogens with one attached hydrogen (secondary N) is 1. The first-order valence-corrected chi connectivity index (χ1v) is 9.56. The Hall–Kier alpha value is -0.883. The minimum atomic E-state index is -1.94. The summed E-state index contributed by atoms with van der Waals surface area (Å²) < 4.78 is 6.17. The topological polar surface area (TPSA) is 75.6 Å². The van der Waals surface area contributed by atoms with E-state index in [4.69, 9.17) is 9.53 Å². The Morgan fingerprint density at radius 1 is 1.47 bits per heavy atom. The van der Waals surface area contributed by atoms with Crippen molar-refractivity contribution < 1.29 is 19.1 Å². The van der Waals surface area contributed by atoms with Crippen molar-refractivity contribution in [2.24, 2.45) is 5.92 Å². The smallest absolute Gasteiger partial charge is 0.305 e. The highest BCUT2D eigenvalue weighted by Crippen LogP contribution is 2.39. The summed E-state index contributed by atoms with van der Waals surface area (Å²) in [5, 5.41) is 11.5. The highest BCUT2D eigenvalue weighted by molar-refractivity contribution is 6.74. The summed E-state index contributed by atoms with van der Waals surface area (Å²) in [5.41, 5.74) is 0. The molecular weight excluding hydrogens is 262 g/mol. The molecule has 5 nitrogen and oxygen atoms in total. The van der Waals surface area contributed by atoms with Crippen LogP contribution in [0.25, 0.3) is 0 Å². The molecule has 1 aliphatic rings. The summed E-state index contributed by atoms with van der Waals surface area (Å²) in [6, 6.07) is -0.301. The normalized spacial score (nSPS) is 25.5. The van der Waals surface area contributed by atoms with E-state index in [1.54, 1.807) is 0 Å². The molecule has 0 bridgehead atoms. The van der Waals surface area contributed by atoms with Crippen LogP contribution >= 0.6 is 0 Å². The lowest BCUT2D eigenvalue weighted by Gasteiger charge is -2.45. The van der Waals surface area contributed by atoms with Gasteiger partial charge in [0, 0.05) is 0 Å². The molecule has 0 aliphatic carbocycles. The standard InChI is InChI=1S/C13H25NO4Si/c1-8(18-19(5,6)13(2,3)4)11-9(7-10(15)16)14-12(11)17/h8-9,11H,7H2,1-6H3,(H,14,17)(H,15,16)/t8-,9+,11-/m1/s1. The molecule has 0 unspecified atom stereocenters. The molecule has 1 fully saturated rings. The van der Waals surface area contributed by atoms with Crippen molar-refractivity contribution in [1.82, 2.24) is 5.32 Å². The average molecular weight is 287 g/mol. The zero-order valence-electron chi connectivity index (χ0n) is 12.6. The Labute approximate surface area is 115 Å². The summed E-state index contributed by atoms with van der Waals surface area (Å²) in [6.07, 6.45) is -0.277. The molecule has 0 radical (unpaired) electrons. The van der Waals surface area contributed by atoms with Crippen LogP contribution in [0.3, 0.4) is 0 Å². The Balaban J connectivity index is 2.69. The number of carboxylic acids is 1. The molecule has 0 spiro atoms. The quantitative estimate of drug-likeness (QED) is 0.599. The molecule has 1 saturated heterocycles. The lowest BCUT2D eigenvalue weighted by Crippen LogP contribution is -2.64. The second-order valence-corrected chi connectivity index (χ2v) is 11.6. The van der Waals surface area contributed by atoms with Crippen LogP contribution in [0, 0.1) is 5.92 Å². The van der Waals surface area contributed by atoms with E-state index >= 15 is 0 Å². The van der Waals surface area contributed by atoms with E-state index in [2.05, 4.69) is 39.2 Å².